The van der Waals surface area contributed by atoms with Gasteiger partial charge < -0.3 is 10.8 Å². The second kappa shape index (κ2) is 4.61. The molecule has 0 heterocycles. The standard InChI is InChI=1S/C10H8ClNO3/c11-7-3-1-6(2-4-7)8(10(14)15)5-9(12)13/h1-5H,(H2,12,13)(H,14,15)/b8-5-. The van der Waals surface area contributed by atoms with Gasteiger partial charge >= 0.3 is 5.97 Å². The molecular formula is C10H8ClNO3. The average molecular weight is 226 g/mol. The van der Waals surface area contributed by atoms with Crippen LogP contribution in [0.15, 0.2) is 30.3 Å². The Morgan fingerprint density at radius 1 is 1.27 bits per heavy atom. The van der Waals surface area contributed by atoms with Crippen LogP contribution in [0.4, 0.5) is 0 Å². The van der Waals surface area contributed by atoms with Gasteiger partial charge in [-0.25, -0.2) is 4.79 Å². The van der Waals surface area contributed by atoms with Crippen LogP contribution in [0.2, 0.25) is 5.02 Å². The van der Waals surface area contributed by atoms with Crippen molar-refractivity contribution in [3.05, 3.63) is 40.9 Å². The summed E-state index contributed by atoms with van der Waals surface area (Å²) in [5, 5.41) is 9.32. The van der Waals surface area contributed by atoms with Gasteiger partial charge in [0.15, 0.2) is 0 Å². The molecule has 1 aromatic rings. The van der Waals surface area contributed by atoms with Crippen LogP contribution in [0.3, 0.4) is 0 Å². The Bertz CT molecular complexity index is 423. The van der Waals surface area contributed by atoms with Gasteiger partial charge in [0.1, 0.15) is 0 Å². The van der Waals surface area contributed by atoms with Crippen LogP contribution in [0, 0.1) is 0 Å². The van der Waals surface area contributed by atoms with Crippen molar-refractivity contribution in [1.82, 2.24) is 0 Å². The van der Waals surface area contributed by atoms with E-state index in [9.17, 15) is 9.59 Å². The first-order valence-electron chi connectivity index (χ1n) is 4.01. The van der Waals surface area contributed by atoms with Crippen molar-refractivity contribution in [2.75, 3.05) is 0 Å². The van der Waals surface area contributed by atoms with Crippen molar-refractivity contribution in [2.24, 2.45) is 5.73 Å². The second-order valence-corrected chi connectivity index (χ2v) is 3.21. The van der Waals surface area contributed by atoms with E-state index < -0.39 is 11.9 Å². The van der Waals surface area contributed by atoms with Gasteiger partial charge in [-0.15, -0.1) is 0 Å². The number of aliphatic carboxylic acids is 1. The molecule has 1 aromatic carbocycles. The van der Waals surface area contributed by atoms with Crippen molar-refractivity contribution < 1.29 is 14.7 Å². The Morgan fingerprint density at radius 2 is 1.80 bits per heavy atom. The van der Waals surface area contributed by atoms with Crippen LogP contribution in [-0.2, 0) is 9.59 Å². The van der Waals surface area contributed by atoms with Crippen LogP contribution in [0.5, 0.6) is 0 Å². The van der Waals surface area contributed by atoms with E-state index in [1.807, 2.05) is 0 Å². The minimum absolute atomic E-state index is 0.154. The van der Waals surface area contributed by atoms with E-state index in [1.54, 1.807) is 0 Å². The summed E-state index contributed by atoms with van der Waals surface area (Å²) in [7, 11) is 0. The molecule has 3 N–H and O–H groups in total. The lowest BCUT2D eigenvalue weighted by Gasteiger charge is -2.01. The molecule has 1 rings (SSSR count). The first-order chi connectivity index (χ1) is 7.00. The number of carboxylic acid groups (broad SMARTS) is 1. The number of hydrogen-bond donors (Lipinski definition) is 2. The van der Waals surface area contributed by atoms with Crippen LogP contribution in [-0.4, -0.2) is 17.0 Å². The topological polar surface area (TPSA) is 80.4 Å². The van der Waals surface area contributed by atoms with E-state index in [0.717, 1.165) is 6.08 Å². The van der Waals surface area contributed by atoms with E-state index in [-0.39, 0.29) is 5.57 Å². The van der Waals surface area contributed by atoms with Gasteiger partial charge in [0.25, 0.3) is 0 Å². The molecule has 1 amide bonds. The number of carbonyl (C=O) groups is 2. The highest BCUT2D eigenvalue weighted by molar-refractivity contribution is 6.30. The molecule has 0 saturated carbocycles. The monoisotopic (exact) mass is 225 g/mol. The van der Waals surface area contributed by atoms with Crippen LogP contribution < -0.4 is 5.73 Å². The summed E-state index contributed by atoms with van der Waals surface area (Å²) in [4.78, 5) is 21.4. The molecule has 0 aliphatic carbocycles. The third kappa shape index (κ3) is 3.11. The summed E-state index contributed by atoms with van der Waals surface area (Å²) in [5.74, 6) is -2.02. The van der Waals surface area contributed by atoms with Gasteiger partial charge in [-0.3, -0.25) is 4.79 Å². The number of benzene rings is 1. The van der Waals surface area contributed by atoms with Crippen LogP contribution >= 0.6 is 11.6 Å². The Labute approximate surface area is 91.0 Å². The molecule has 0 atom stereocenters. The maximum absolute atomic E-state index is 10.8. The predicted octanol–water partition coefficient (Wildman–Crippen LogP) is 1.29. The van der Waals surface area contributed by atoms with Gasteiger partial charge in [-0.1, -0.05) is 23.7 Å². The number of amides is 1. The number of halogens is 1. The fraction of sp³-hybridized carbons (Fsp3) is 0. The van der Waals surface area contributed by atoms with Gasteiger partial charge in [0.2, 0.25) is 5.91 Å². The summed E-state index contributed by atoms with van der Waals surface area (Å²) in [6.07, 6.45) is 0.867. The Hall–Kier alpha value is -1.81. The maximum atomic E-state index is 10.8. The fourth-order valence-electron chi connectivity index (χ4n) is 1.04. The predicted molar refractivity (Wildman–Crippen MR) is 56.3 cm³/mol. The molecule has 0 aromatic heterocycles. The fourth-order valence-corrected chi connectivity index (χ4v) is 1.17. The first kappa shape index (κ1) is 11.3. The molecule has 0 aliphatic heterocycles. The number of carboxylic acids is 1. The van der Waals surface area contributed by atoms with Gasteiger partial charge in [-0.05, 0) is 17.7 Å². The normalized spacial score (nSPS) is 11.1. The quantitative estimate of drug-likeness (QED) is 0.761. The minimum Gasteiger partial charge on any atom is -0.478 e. The van der Waals surface area contributed by atoms with E-state index in [1.165, 1.54) is 24.3 Å². The third-order valence-electron chi connectivity index (χ3n) is 1.67. The van der Waals surface area contributed by atoms with Crippen molar-refractivity contribution in [3.8, 4) is 0 Å². The number of nitrogens with two attached hydrogens (primary N) is 1. The lowest BCUT2D eigenvalue weighted by Crippen LogP contribution is -2.10. The lowest BCUT2D eigenvalue weighted by molar-refractivity contribution is -0.130. The summed E-state index contributed by atoms with van der Waals surface area (Å²) in [5.41, 5.74) is 5.12. The highest BCUT2D eigenvalue weighted by Crippen LogP contribution is 2.17. The number of primary amides is 1. The van der Waals surface area contributed by atoms with Crippen molar-refractivity contribution in [1.29, 1.82) is 0 Å². The number of hydrogen-bond acceptors (Lipinski definition) is 2. The Morgan fingerprint density at radius 3 is 2.20 bits per heavy atom. The molecule has 5 heteroatoms. The zero-order valence-corrected chi connectivity index (χ0v) is 8.36. The highest BCUT2D eigenvalue weighted by Gasteiger charge is 2.11. The summed E-state index contributed by atoms with van der Waals surface area (Å²) < 4.78 is 0. The summed E-state index contributed by atoms with van der Waals surface area (Å²) in [6, 6.07) is 6.08. The van der Waals surface area contributed by atoms with Crippen LogP contribution in [0.1, 0.15) is 5.56 Å². The Balaban J connectivity index is 3.16. The van der Waals surface area contributed by atoms with Gasteiger partial charge in [0.05, 0.1) is 5.57 Å². The van der Waals surface area contributed by atoms with E-state index >= 15 is 0 Å². The SMILES string of the molecule is NC(=O)/C=C(\C(=O)O)c1ccc(Cl)cc1. The average Bonchev–Trinajstić information content (AvgIpc) is 2.15. The van der Waals surface area contributed by atoms with Crippen molar-refractivity contribution in [3.63, 3.8) is 0 Å². The van der Waals surface area contributed by atoms with Crippen molar-refractivity contribution in [2.45, 2.75) is 0 Å². The number of carbonyl (C=O) groups excluding carboxylic acids is 1. The Kier molecular flexibility index (Phi) is 3.46. The molecule has 78 valence electrons. The number of rotatable bonds is 3. The van der Waals surface area contributed by atoms with Gasteiger partial charge in [-0.2, -0.15) is 0 Å². The summed E-state index contributed by atoms with van der Waals surface area (Å²) in [6.45, 7) is 0. The van der Waals surface area contributed by atoms with Crippen molar-refractivity contribution >= 4 is 29.1 Å². The molecule has 0 unspecified atom stereocenters. The largest absolute Gasteiger partial charge is 0.478 e. The molecule has 0 bridgehead atoms. The van der Waals surface area contributed by atoms with Gasteiger partial charge in [0, 0.05) is 11.1 Å². The molecule has 0 spiro atoms. The van der Waals surface area contributed by atoms with Crippen LogP contribution in [0.25, 0.3) is 5.57 Å². The van der Waals surface area contributed by atoms with E-state index in [2.05, 4.69) is 0 Å². The molecule has 0 fully saturated rings. The highest BCUT2D eigenvalue weighted by atomic mass is 35.5. The summed E-state index contributed by atoms with van der Waals surface area (Å²) >= 11 is 5.64. The smallest absolute Gasteiger partial charge is 0.336 e. The molecule has 0 aliphatic rings. The first-order valence-corrected chi connectivity index (χ1v) is 4.39. The second-order valence-electron chi connectivity index (χ2n) is 2.77. The maximum Gasteiger partial charge on any atom is 0.336 e. The molecule has 0 radical (unpaired) electrons. The zero-order valence-electron chi connectivity index (χ0n) is 7.61. The van der Waals surface area contributed by atoms with E-state index in [4.69, 9.17) is 22.4 Å². The molecular weight excluding hydrogens is 218 g/mol. The lowest BCUT2D eigenvalue weighted by atomic mass is 10.1. The van der Waals surface area contributed by atoms with E-state index in [0.29, 0.717) is 10.6 Å². The third-order valence-corrected chi connectivity index (χ3v) is 1.92. The molecule has 4 nitrogen and oxygen atoms in total. The zero-order chi connectivity index (χ0) is 11.4. The molecule has 15 heavy (non-hydrogen) atoms. The molecule has 0 saturated heterocycles. The minimum atomic E-state index is -1.21.